The van der Waals surface area contributed by atoms with Crippen LogP contribution in [0.15, 0.2) is 81.1 Å². The SMILES string of the molecule is CCc1nc2ccc(Br)cc2c(=O)n1N=Cc1ccc(OCc2ccc(C(=O)O)cc2)cc1. The number of hydrogen-bond acceptors (Lipinski definition) is 5. The molecule has 7 nitrogen and oxygen atoms in total. The highest BCUT2D eigenvalue weighted by atomic mass is 79.9. The molecule has 0 bridgehead atoms. The Balaban J connectivity index is 1.49. The summed E-state index contributed by atoms with van der Waals surface area (Å²) >= 11 is 3.40. The van der Waals surface area contributed by atoms with Gasteiger partial charge in [-0.15, -0.1) is 0 Å². The number of ether oxygens (including phenoxy) is 1. The van der Waals surface area contributed by atoms with E-state index in [1.165, 1.54) is 4.68 Å². The second kappa shape index (κ2) is 9.79. The summed E-state index contributed by atoms with van der Waals surface area (Å²) in [5.41, 5.74) is 2.33. The van der Waals surface area contributed by atoms with Gasteiger partial charge in [0.05, 0.1) is 22.7 Å². The first-order valence-corrected chi connectivity index (χ1v) is 11.0. The minimum Gasteiger partial charge on any atom is -0.489 e. The summed E-state index contributed by atoms with van der Waals surface area (Å²) in [6.07, 6.45) is 2.18. The van der Waals surface area contributed by atoms with Gasteiger partial charge >= 0.3 is 5.97 Å². The highest BCUT2D eigenvalue weighted by Gasteiger charge is 2.09. The van der Waals surface area contributed by atoms with Gasteiger partial charge in [-0.1, -0.05) is 35.0 Å². The summed E-state index contributed by atoms with van der Waals surface area (Å²) in [5, 5.41) is 13.8. The van der Waals surface area contributed by atoms with Crippen LogP contribution in [0.3, 0.4) is 0 Å². The highest BCUT2D eigenvalue weighted by molar-refractivity contribution is 9.10. The quantitative estimate of drug-likeness (QED) is 0.361. The molecule has 1 heterocycles. The summed E-state index contributed by atoms with van der Waals surface area (Å²) in [4.78, 5) is 28.4. The number of halogens is 1. The van der Waals surface area contributed by atoms with Crippen molar-refractivity contribution in [2.75, 3.05) is 0 Å². The van der Waals surface area contributed by atoms with Crippen LogP contribution in [0.25, 0.3) is 10.9 Å². The van der Waals surface area contributed by atoms with Gasteiger partial charge in [-0.3, -0.25) is 4.79 Å². The van der Waals surface area contributed by atoms with Crippen LogP contribution < -0.4 is 10.3 Å². The number of hydrogen-bond donors (Lipinski definition) is 1. The van der Waals surface area contributed by atoms with E-state index in [4.69, 9.17) is 9.84 Å². The molecule has 4 rings (SSSR count). The lowest BCUT2D eigenvalue weighted by Gasteiger charge is -2.08. The maximum atomic E-state index is 12.9. The monoisotopic (exact) mass is 505 g/mol. The summed E-state index contributed by atoms with van der Waals surface area (Å²) in [5.74, 6) is 0.290. The normalized spacial score (nSPS) is 11.2. The van der Waals surface area contributed by atoms with E-state index in [-0.39, 0.29) is 11.1 Å². The Morgan fingerprint density at radius 1 is 1.12 bits per heavy atom. The van der Waals surface area contributed by atoms with Crippen molar-refractivity contribution in [3.8, 4) is 5.75 Å². The van der Waals surface area contributed by atoms with E-state index >= 15 is 0 Å². The van der Waals surface area contributed by atoms with Gasteiger partial charge in [0.15, 0.2) is 0 Å². The number of carbonyl (C=O) groups is 1. The molecule has 1 N–H and O–H groups in total. The Bertz CT molecular complexity index is 1390. The Labute approximate surface area is 198 Å². The van der Waals surface area contributed by atoms with Crippen molar-refractivity contribution >= 4 is 39.0 Å². The molecule has 33 heavy (non-hydrogen) atoms. The topological polar surface area (TPSA) is 93.8 Å². The molecular formula is C25H20BrN3O4. The van der Waals surface area contributed by atoms with Crippen LogP contribution in [0, 0.1) is 0 Å². The number of rotatable bonds is 7. The number of aromatic nitrogens is 2. The number of benzene rings is 3. The highest BCUT2D eigenvalue weighted by Crippen LogP contribution is 2.17. The van der Waals surface area contributed by atoms with Gasteiger partial charge in [-0.25, -0.2) is 9.78 Å². The molecule has 0 fully saturated rings. The van der Waals surface area contributed by atoms with Crippen LogP contribution in [-0.2, 0) is 13.0 Å². The van der Waals surface area contributed by atoms with E-state index in [0.29, 0.717) is 35.5 Å². The maximum Gasteiger partial charge on any atom is 0.335 e. The zero-order valence-electron chi connectivity index (χ0n) is 17.7. The molecule has 0 aliphatic carbocycles. The summed E-state index contributed by atoms with van der Waals surface area (Å²) in [6, 6.07) is 19.3. The zero-order valence-corrected chi connectivity index (χ0v) is 19.3. The molecule has 0 saturated carbocycles. The fourth-order valence-corrected chi connectivity index (χ4v) is 3.59. The minimum absolute atomic E-state index is 0.219. The Hall–Kier alpha value is -3.78. The van der Waals surface area contributed by atoms with Crippen molar-refractivity contribution in [3.63, 3.8) is 0 Å². The molecule has 0 amide bonds. The van der Waals surface area contributed by atoms with Gasteiger partial charge < -0.3 is 9.84 Å². The molecule has 8 heteroatoms. The molecule has 1 aromatic heterocycles. The van der Waals surface area contributed by atoms with Gasteiger partial charge in [-0.05, 0) is 65.7 Å². The fourth-order valence-electron chi connectivity index (χ4n) is 3.23. The van der Waals surface area contributed by atoms with Crippen LogP contribution in [0.1, 0.15) is 34.2 Å². The fraction of sp³-hybridized carbons (Fsp3) is 0.120. The lowest BCUT2D eigenvalue weighted by Crippen LogP contribution is -2.22. The average molecular weight is 506 g/mol. The molecule has 4 aromatic rings. The first kappa shape index (κ1) is 22.4. The molecule has 0 spiro atoms. The number of nitrogens with zero attached hydrogens (tertiary/aromatic N) is 3. The lowest BCUT2D eigenvalue weighted by molar-refractivity contribution is 0.0697. The van der Waals surface area contributed by atoms with E-state index in [2.05, 4.69) is 26.0 Å². The van der Waals surface area contributed by atoms with Gasteiger partial charge in [0.25, 0.3) is 5.56 Å². The Kier molecular flexibility index (Phi) is 6.65. The van der Waals surface area contributed by atoms with Crippen LogP contribution in [-0.4, -0.2) is 27.0 Å². The number of aryl methyl sites for hydroxylation is 1. The molecule has 0 atom stereocenters. The zero-order chi connectivity index (χ0) is 23.4. The number of fused-ring (bicyclic) bond motifs is 1. The largest absolute Gasteiger partial charge is 0.489 e. The molecule has 3 aromatic carbocycles. The predicted molar refractivity (Wildman–Crippen MR) is 130 cm³/mol. The first-order chi connectivity index (χ1) is 15.9. The second-order valence-electron chi connectivity index (χ2n) is 7.26. The van der Waals surface area contributed by atoms with Crippen molar-refractivity contribution in [2.45, 2.75) is 20.0 Å². The van der Waals surface area contributed by atoms with Crippen LogP contribution in [0.2, 0.25) is 0 Å². The van der Waals surface area contributed by atoms with Crippen LogP contribution in [0.5, 0.6) is 5.75 Å². The molecule has 166 valence electrons. The predicted octanol–water partition coefficient (Wildman–Crippen LogP) is 4.88. The third-order valence-electron chi connectivity index (χ3n) is 5.00. The second-order valence-corrected chi connectivity index (χ2v) is 8.18. The van der Waals surface area contributed by atoms with Gasteiger partial charge in [0.2, 0.25) is 0 Å². The molecule has 0 saturated heterocycles. The third kappa shape index (κ3) is 5.18. The van der Waals surface area contributed by atoms with Crippen molar-refractivity contribution < 1.29 is 14.6 Å². The number of carboxylic acids is 1. The van der Waals surface area contributed by atoms with Crippen LogP contribution in [0.4, 0.5) is 0 Å². The van der Waals surface area contributed by atoms with Gasteiger partial charge in [-0.2, -0.15) is 9.78 Å². The van der Waals surface area contributed by atoms with Gasteiger partial charge in [0.1, 0.15) is 18.2 Å². The Morgan fingerprint density at radius 2 is 1.85 bits per heavy atom. The summed E-state index contributed by atoms with van der Waals surface area (Å²) < 4.78 is 7.90. The van der Waals surface area contributed by atoms with Crippen molar-refractivity contribution in [2.24, 2.45) is 5.10 Å². The molecular weight excluding hydrogens is 486 g/mol. The minimum atomic E-state index is -0.958. The standard InChI is InChI=1S/C25H20BrN3O4/c1-2-23-28-22-12-9-19(26)13-21(22)24(30)29(23)27-14-16-5-10-20(11-6-16)33-15-17-3-7-18(8-4-17)25(31)32/h3-14H,2,15H2,1H3,(H,31,32). The lowest BCUT2D eigenvalue weighted by atomic mass is 10.1. The van der Waals surface area contributed by atoms with E-state index < -0.39 is 5.97 Å². The molecule has 0 radical (unpaired) electrons. The van der Waals surface area contributed by atoms with Crippen LogP contribution >= 0.6 is 15.9 Å². The van der Waals surface area contributed by atoms with E-state index in [0.717, 1.165) is 15.6 Å². The molecule has 0 aliphatic heterocycles. The van der Waals surface area contributed by atoms with Crippen molar-refractivity contribution in [3.05, 3.63) is 104 Å². The van der Waals surface area contributed by atoms with E-state index in [9.17, 15) is 9.59 Å². The van der Waals surface area contributed by atoms with Crippen molar-refractivity contribution in [1.29, 1.82) is 0 Å². The number of aromatic carboxylic acids is 1. The van der Waals surface area contributed by atoms with Crippen molar-refractivity contribution in [1.82, 2.24) is 9.66 Å². The third-order valence-corrected chi connectivity index (χ3v) is 5.49. The summed E-state index contributed by atoms with van der Waals surface area (Å²) in [7, 11) is 0. The van der Waals surface area contributed by atoms with E-state index in [1.807, 2.05) is 43.3 Å². The maximum absolute atomic E-state index is 12.9. The molecule has 0 unspecified atom stereocenters. The molecule has 0 aliphatic rings. The first-order valence-electron chi connectivity index (χ1n) is 10.2. The number of carboxylic acid groups (broad SMARTS) is 1. The smallest absolute Gasteiger partial charge is 0.335 e. The van der Waals surface area contributed by atoms with Gasteiger partial charge in [0, 0.05) is 10.9 Å². The summed E-state index contributed by atoms with van der Waals surface area (Å²) in [6.45, 7) is 2.25. The average Bonchev–Trinajstić information content (AvgIpc) is 2.83. The Morgan fingerprint density at radius 3 is 2.52 bits per heavy atom. The van der Waals surface area contributed by atoms with E-state index in [1.54, 1.807) is 36.5 Å².